The number of methoxy groups -OCH3 is 1. The second-order valence-corrected chi connectivity index (χ2v) is 9.72. The Bertz CT molecular complexity index is 1060. The molecule has 4 rings (SSSR count). The molecule has 0 saturated carbocycles. The largest absolute Gasteiger partial charge is 0.496 e. The van der Waals surface area contributed by atoms with Gasteiger partial charge in [-0.05, 0) is 18.9 Å². The minimum Gasteiger partial charge on any atom is -0.496 e. The number of nitrogens with zero attached hydrogens (tertiary/aromatic N) is 5. The summed E-state index contributed by atoms with van der Waals surface area (Å²) in [6, 6.07) is 7.87. The van der Waals surface area contributed by atoms with Crippen molar-refractivity contribution in [3.63, 3.8) is 0 Å². The predicted octanol–water partition coefficient (Wildman–Crippen LogP) is 1.92. The second kappa shape index (κ2) is 7.17. The van der Waals surface area contributed by atoms with Gasteiger partial charge in [-0.3, -0.25) is 0 Å². The normalized spacial score (nSPS) is 18.8. The topological polar surface area (TPSA) is 89.7 Å². The summed E-state index contributed by atoms with van der Waals surface area (Å²) in [5.74, 6) is 1.57. The van der Waals surface area contributed by atoms with E-state index >= 15 is 0 Å². The molecule has 1 atom stereocenters. The lowest BCUT2D eigenvalue weighted by molar-refractivity contribution is 0.309. The van der Waals surface area contributed by atoms with E-state index in [2.05, 4.69) is 10.2 Å². The maximum atomic E-state index is 11.9. The van der Waals surface area contributed by atoms with Gasteiger partial charge in [0.15, 0.2) is 5.82 Å². The van der Waals surface area contributed by atoms with Crippen LogP contribution in [0.3, 0.4) is 0 Å². The summed E-state index contributed by atoms with van der Waals surface area (Å²) in [6.45, 7) is 0.992. The molecule has 0 radical (unpaired) electrons. The Labute approximate surface area is 161 Å². The molecule has 10 heteroatoms. The third-order valence-corrected chi connectivity index (χ3v) is 6.98. The molecule has 0 spiro atoms. The number of benzene rings is 1. The van der Waals surface area contributed by atoms with Crippen molar-refractivity contribution in [2.24, 2.45) is 0 Å². The Morgan fingerprint density at radius 3 is 2.89 bits per heavy atom. The van der Waals surface area contributed by atoms with Gasteiger partial charge in [0.05, 0.1) is 13.4 Å². The summed E-state index contributed by atoms with van der Waals surface area (Å²) in [6.07, 6.45) is 3.59. The molecule has 0 N–H and O–H groups in total. The third kappa shape index (κ3) is 3.69. The molecule has 1 aliphatic heterocycles. The molecular weight excluding hydrogens is 386 g/mol. The Morgan fingerprint density at radius 2 is 2.11 bits per heavy atom. The lowest BCUT2D eigenvalue weighted by Gasteiger charge is -2.29. The van der Waals surface area contributed by atoms with Crippen LogP contribution in [0.2, 0.25) is 0 Å². The van der Waals surface area contributed by atoms with Gasteiger partial charge in [-0.1, -0.05) is 29.5 Å². The minimum absolute atomic E-state index is 0.00434. The number of fused-ring (bicyclic) bond motifs is 1. The van der Waals surface area contributed by atoms with Crippen molar-refractivity contribution < 1.29 is 13.2 Å². The fraction of sp³-hybridized carbons (Fsp3) is 0.471. The number of rotatable bonds is 5. The number of ether oxygens (including phenoxy) is 1. The molecule has 1 fully saturated rings. The van der Waals surface area contributed by atoms with Crippen LogP contribution in [0.5, 0.6) is 5.75 Å². The fourth-order valence-corrected chi connectivity index (χ4v) is 5.24. The van der Waals surface area contributed by atoms with E-state index in [9.17, 15) is 8.42 Å². The van der Waals surface area contributed by atoms with E-state index in [4.69, 9.17) is 9.84 Å². The highest BCUT2D eigenvalue weighted by atomic mass is 32.2. The van der Waals surface area contributed by atoms with Gasteiger partial charge in [0.2, 0.25) is 15.0 Å². The van der Waals surface area contributed by atoms with Crippen LogP contribution in [0, 0.1) is 0 Å². The molecule has 0 aliphatic carbocycles. The molecule has 1 unspecified atom stereocenters. The van der Waals surface area contributed by atoms with Crippen molar-refractivity contribution in [2.45, 2.75) is 25.2 Å². The lowest BCUT2D eigenvalue weighted by atomic mass is 9.99. The molecule has 144 valence electrons. The minimum atomic E-state index is -3.20. The zero-order valence-corrected chi connectivity index (χ0v) is 16.8. The SMILES string of the molecule is COc1ccccc1Cc1nn2c(C3CCCN(S(C)(=O)=O)C3)nnc2s1. The summed E-state index contributed by atoms with van der Waals surface area (Å²) in [4.78, 5) is 0.728. The predicted molar refractivity (Wildman–Crippen MR) is 103 cm³/mol. The van der Waals surface area contributed by atoms with Crippen LogP contribution in [0.4, 0.5) is 0 Å². The fourth-order valence-electron chi connectivity index (χ4n) is 3.46. The van der Waals surface area contributed by atoms with Gasteiger partial charge in [0.1, 0.15) is 10.8 Å². The number of piperidine rings is 1. The first-order valence-electron chi connectivity index (χ1n) is 8.73. The van der Waals surface area contributed by atoms with Gasteiger partial charge in [0, 0.05) is 31.0 Å². The van der Waals surface area contributed by atoms with E-state index in [-0.39, 0.29) is 5.92 Å². The maximum Gasteiger partial charge on any atom is 0.234 e. The number of aromatic nitrogens is 4. The summed E-state index contributed by atoms with van der Waals surface area (Å²) in [5, 5.41) is 14.2. The first-order chi connectivity index (χ1) is 13.0. The number of sulfonamides is 1. The molecular formula is C17H21N5O3S2. The van der Waals surface area contributed by atoms with Crippen molar-refractivity contribution >= 4 is 26.3 Å². The Kier molecular flexibility index (Phi) is 4.87. The summed E-state index contributed by atoms with van der Waals surface area (Å²) in [5.41, 5.74) is 1.06. The van der Waals surface area contributed by atoms with Crippen LogP contribution in [0.15, 0.2) is 24.3 Å². The van der Waals surface area contributed by atoms with E-state index in [0.717, 1.165) is 39.9 Å². The maximum absolute atomic E-state index is 11.9. The van der Waals surface area contributed by atoms with E-state index in [0.29, 0.717) is 19.5 Å². The Hall–Kier alpha value is -2.04. The first kappa shape index (κ1) is 18.3. The van der Waals surface area contributed by atoms with Crippen LogP contribution in [0.1, 0.15) is 35.2 Å². The van der Waals surface area contributed by atoms with Gasteiger partial charge in [0.25, 0.3) is 0 Å². The second-order valence-electron chi connectivity index (χ2n) is 6.70. The van der Waals surface area contributed by atoms with E-state index < -0.39 is 10.0 Å². The standard InChI is InChI=1S/C17H21N5O3S2/c1-25-14-8-4-3-6-12(14)10-15-20-22-16(18-19-17(22)26-15)13-7-5-9-21(11-13)27(2,23)24/h3-4,6,8,13H,5,7,9-11H2,1-2H3. The van der Waals surface area contributed by atoms with E-state index in [1.807, 2.05) is 24.3 Å². The van der Waals surface area contributed by atoms with Crippen molar-refractivity contribution in [3.8, 4) is 5.75 Å². The summed E-state index contributed by atoms with van der Waals surface area (Å²) < 4.78 is 32.5. The van der Waals surface area contributed by atoms with E-state index in [1.165, 1.54) is 21.9 Å². The smallest absolute Gasteiger partial charge is 0.234 e. The average molecular weight is 408 g/mol. The Morgan fingerprint density at radius 1 is 1.30 bits per heavy atom. The van der Waals surface area contributed by atoms with Crippen LogP contribution >= 0.6 is 11.3 Å². The van der Waals surface area contributed by atoms with Crippen molar-refractivity contribution in [2.75, 3.05) is 26.5 Å². The molecule has 27 heavy (non-hydrogen) atoms. The first-order valence-corrected chi connectivity index (χ1v) is 11.4. The monoisotopic (exact) mass is 407 g/mol. The van der Waals surface area contributed by atoms with Gasteiger partial charge in [-0.2, -0.15) is 9.61 Å². The quantitative estimate of drug-likeness (QED) is 0.642. The molecule has 1 aliphatic rings. The summed E-state index contributed by atoms with van der Waals surface area (Å²) >= 11 is 1.49. The van der Waals surface area contributed by atoms with Gasteiger partial charge in [-0.25, -0.2) is 12.7 Å². The van der Waals surface area contributed by atoms with Crippen LogP contribution < -0.4 is 4.74 Å². The van der Waals surface area contributed by atoms with E-state index in [1.54, 1.807) is 11.6 Å². The van der Waals surface area contributed by atoms with Crippen LogP contribution in [-0.4, -0.2) is 59.0 Å². The molecule has 1 saturated heterocycles. The molecule has 0 amide bonds. The summed E-state index contributed by atoms with van der Waals surface area (Å²) in [7, 11) is -1.54. The van der Waals surface area contributed by atoms with Crippen molar-refractivity contribution in [1.29, 1.82) is 0 Å². The zero-order valence-electron chi connectivity index (χ0n) is 15.2. The van der Waals surface area contributed by atoms with Crippen molar-refractivity contribution in [1.82, 2.24) is 24.1 Å². The molecule has 0 bridgehead atoms. The zero-order chi connectivity index (χ0) is 19.0. The van der Waals surface area contributed by atoms with Gasteiger partial charge >= 0.3 is 0 Å². The molecule has 8 nitrogen and oxygen atoms in total. The van der Waals surface area contributed by atoms with Gasteiger partial charge in [-0.15, -0.1) is 10.2 Å². The lowest BCUT2D eigenvalue weighted by Crippen LogP contribution is -2.38. The highest BCUT2D eigenvalue weighted by Gasteiger charge is 2.30. The van der Waals surface area contributed by atoms with Crippen LogP contribution in [0.25, 0.3) is 4.96 Å². The average Bonchev–Trinajstić information content (AvgIpc) is 3.21. The Balaban J connectivity index is 1.61. The van der Waals surface area contributed by atoms with Crippen molar-refractivity contribution in [3.05, 3.63) is 40.7 Å². The molecule has 3 heterocycles. The van der Waals surface area contributed by atoms with Gasteiger partial charge < -0.3 is 4.74 Å². The highest BCUT2D eigenvalue weighted by Crippen LogP contribution is 2.29. The molecule has 3 aromatic rings. The highest BCUT2D eigenvalue weighted by molar-refractivity contribution is 7.88. The third-order valence-electron chi connectivity index (χ3n) is 4.81. The molecule has 2 aromatic heterocycles. The molecule has 1 aromatic carbocycles. The number of hydrogen-bond acceptors (Lipinski definition) is 7. The number of hydrogen-bond donors (Lipinski definition) is 0. The number of para-hydroxylation sites is 1. The van der Waals surface area contributed by atoms with Crippen LogP contribution in [-0.2, 0) is 16.4 Å².